The van der Waals surface area contributed by atoms with Crippen molar-refractivity contribution < 1.29 is 17.9 Å². The number of nitrogens with one attached hydrogen (secondary N) is 1. The summed E-state index contributed by atoms with van der Waals surface area (Å²) in [6, 6.07) is 0. The molecule has 0 unspecified atom stereocenters. The topological polar surface area (TPSA) is 102 Å². The van der Waals surface area contributed by atoms with Gasteiger partial charge >= 0.3 is 5.97 Å². The van der Waals surface area contributed by atoms with Crippen LogP contribution in [0.15, 0.2) is 4.90 Å². The van der Waals surface area contributed by atoms with Gasteiger partial charge < -0.3 is 9.72 Å². The van der Waals surface area contributed by atoms with E-state index in [0.717, 1.165) is 0 Å². The van der Waals surface area contributed by atoms with Crippen LogP contribution in [0.1, 0.15) is 28.7 Å². The fraction of sp³-hybridized carbons (Fsp3) is 0.444. The van der Waals surface area contributed by atoms with Gasteiger partial charge in [0.05, 0.1) is 6.61 Å². The van der Waals surface area contributed by atoms with E-state index in [4.69, 9.17) is 9.88 Å². The van der Waals surface area contributed by atoms with Gasteiger partial charge in [-0.15, -0.1) is 0 Å². The highest BCUT2D eigenvalue weighted by atomic mass is 32.2. The normalized spacial score (nSPS) is 11.5. The molecule has 1 aromatic rings. The number of esters is 1. The molecule has 0 saturated carbocycles. The lowest BCUT2D eigenvalue weighted by Crippen LogP contribution is -2.14. The van der Waals surface area contributed by atoms with Crippen molar-refractivity contribution in [1.29, 1.82) is 0 Å². The molecule has 0 radical (unpaired) electrons. The highest BCUT2D eigenvalue weighted by Crippen LogP contribution is 2.22. The maximum absolute atomic E-state index is 11.5. The minimum absolute atomic E-state index is 0.0458. The highest BCUT2D eigenvalue weighted by molar-refractivity contribution is 7.89. The van der Waals surface area contributed by atoms with E-state index in [1.54, 1.807) is 6.92 Å². The minimum atomic E-state index is -3.83. The van der Waals surface area contributed by atoms with Crippen molar-refractivity contribution in [3.05, 3.63) is 17.0 Å². The average molecular weight is 246 g/mol. The van der Waals surface area contributed by atoms with E-state index in [-0.39, 0.29) is 17.2 Å². The molecule has 0 amide bonds. The van der Waals surface area contributed by atoms with E-state index in [0.29, 0.717) is 11.3 Å². The van der Waals surface area contributed by atoms with Crippen LogP contribution in [0, 0.1) is 13.8 Å². The Morgan fingerprint density at radius 2 is 2.00 bits per heavy atom. The summed E-state index contributed by atoms with van der Waals surface area (Å²) in [5.74, 6) is -0.585. The van der Waals surface area contributed by atoms with Gasteiger partial charge in [0.2, 0.25) is 10.0 Å². The van der Waals surface area contributed by atoms with E-state index in [9.17, 15) is 13.2 Å². The Morgan fingerprint density at radius 3 is 2.38 bits per heavy atom. The molecule has 0 aliphatic heterocycles. The summed E-state index contributed by atoms with van der Waals surface area (Å²) in [4.78, 5) is 14.1. The average Bonchev–Trinajstić information content (AvgIpc) is 2.41. The largest absolute Gasteiger partial charge is 0.461 e. The molecule has 0 spiro atoms. The fourth-order valence-electron chi connectivity index (χ4n) is 1.57. The number of ether oxygens (including phenoxy) is 1. The van der Waals surface area contributed by atoms with E-state index < -0.39 is 16.0 Å². The van der Waals surface area contributed by atoms with Crippen LogP contribution in [-0.2, 0) is 14.8 Å². The van der Waals surface area contributed by atoms with E-state index in [1.807, 2.05) is 0 Å². The molecule has 0 aliphatic carbocycles. The number of nitrogens with two attached hydrogens (primary N) is 1. The Hall–Kier alpha value is -1.34. The van der Waals surface area contributed by atoms with Crippen molar-refractivity contribution in [2.75, 3.05) is 6.61 Å². The van der Waals surface area contributed by atoms with Crippen LogP contribution < -0.4 is 5.14 Å². The molecule has 1 rings (SSSR count). The van der Waals surface area contributed by atoms with Crippen molar-refractivity contribution >= 4 is 16.0 Å². The third-order valence-corrected chi connectivity index (χ3v) is 3.31. The quantitative estimate of drug-likeness (QED) is 0.756. The molecule has 0 fully saturated rings. The zero-order valence-corrected chi connectivity index (χ0v) is 10.1. The molecule has 0 aliphatic rings. The van der Waals surface area contributed by atoms with Crippen molar-refractivity contribution in [3.63, 3.8) is 0 Å². The molecule has 0 bridgehead atoms. The molecular weight excluding hydrogens is 232 g/mol. The number of hydrogen-bond donors (Lipinski definition) is 2. The van der Waals surface area contributed by atoms with Gasteiger partial charge in [-0.1, -0.05) is 0 Å². The van der Waals surface area contributed by atoms with Gasteiger partial charge in [0.25, 0.3) is 0 Å². The molecule has 3 N–H and O–H groups in total. The number of hydrogen-bond acceptors (Lipinski definition) is 4. The first-order chi connectivity index (χ1) is 7.29. The van der Waals surface area contributed by atoms with Crippen LogP contribution >= 0.6 is 0 Å². The first kappa shape index (κ1) is 12.7. The van der Waals surface area contributed by atoms with E-state index >= 15 is 0 Å². The summed E-state index contributed by atoms with van der Waals surface area (Å²) in [5.41, 5.74) is 0.755. The second-order valence-electron chi connectivity index (χ2n) is 3.34. The summed E-state index contributed by atoms with van der Waals surface area (Å²) in [6.07, 6.45) is 0. The standard InChI is InChI=1S/C9H14N2O4S/c1-4-15-9(12)7-5(2)8(6(3)11-7)16(10,13)14/h11H,4H2,1-3H3,(H2,10,13,14). The second-order valence-corrected chi connectivity index (χ2v) is 4.84. The van der Waals surface area contributed by atoms with Crippen molar-refractivity contribution in [1.82, 2.24) is 4.98 Å². The predicted octanol–water partition coefficient (Wildman–Crippen LogP) is 0.456. The molecule has 1 heterocycles. The Bertz CT molecular complexity index is 516. The summed E-state index contributed by atoms with van der Waals surface area (Å²) in [5, 5.41) is 5.05. The lowest BCUT2D eigenvalue weighted by atomic mass is 10.2. The molecular formula is C9H14N2O4S. The Kier molecular flexibility index (Phi) is 3.39. The number of H-pyrrole nitrogens is 1. The fourth-order valence-corrected chi connectivity index (χ4v) is 2.57. The number of carbonyl (C=O) groups is 1. The maximum Gasteiger partial charge on any atom is 0.355 e. The van der Waals surface area contributed by atoms with Gasteiger partial charge in [-0.2, -0.15) is 0 Å². The lowest BCUT2D eigenvalue weighted by Gasteiger charge is -2.00. The van der Waals surface area contributed by atoms with Crippen LogP contribution in [0.5, 0.6) is 0 Å². The maximum atomic E-state index is 11.5. The summed E-state index contributed by atoms with van der Waals surface area (Å²) in [6.45, 7) is 4.94. The Balaban J connectivity index is 3.33. The lowest BCUT2D eigenvalue weighted by molar-refractivity contribution is 0.0519. The number of carbonyl (C=O) groups excluding carboxylic acids is 1. The van der Waals surface area contributed by atoms with Gasteiger partial charge in [0.15, 0.2) is 0 Å². The molecule has 1 aromatic heterocycles. The first-order valence-electron chi connectivity index (χ1n) is 4.68. The summed E-state index contributed by atoms with van der Waals surface area (Å²) in [7, 11) is -3.83. The number of primary sulfonamides is 1. The molecule has 7 heteroatoms. The van der Waals surface area contributed by atoms with E-state index in [1.165, 1.54) is 13.8 Å². The van der Waals surface area contributed by atoms with Gasteiger partial charge in [-0.25, -0.2) is 18.4 Å². The molecule has 0 aromatic carbocycles. The third-order valence-electron chi connectivity index (χ3n) is 2.13. The zero-order chi connectivity index (χ0) is 12.5. The molecule has 0 saturated heterocycles. The Morgan fingerprint density at radius 1 is 1.44 bits per heavy atom. The van der Waals surface area contributed by atoms with Gasteiger partial charge in [-0.3, -0.25) is 0 Å². The summed E-state index contributed by atoms with van der Waals surface area (Å²) < 4.78 is 27.3. The van der Waals surface area contributed by atoms with Gasteiger partial charge in [0.1, 0.15) is 10.6 Å². The molecule has 6 nitrogen and oxygen atoms in total. The minimum Gasteiger partial charge on any atom is -0.461 e. The smallest absolute Gasteiger partial charge is 0.355 e. The van der Waals surface area contributed by atoms with Crippen LogP contribution in [0.3, 0.4) is 0 Å². The first-order valence-corrected chi connectivity index (χ1v) is 6.22. The number of rotatable bonds is 3. The monoisotopic (exact) mass is 246 g/mol. The van der Waals surface area contributed by atoms with Crippen LogP contribution in [0.4, 0.5) is 0 Å². The molecule has 16 heavy (non-hydrogen) atoms. The van der Waals surface area contributed by atoms with Crippen LogP contribution in [0.25, 0.3) is 0 Å². The SMILES string of the molecule is CCOC(=O)c1[nH]c(C)c(S(N)(=O)=O)c1C. The second kappa shape index (κ2) is 4.26. The number of sulfonamides is 1. The predicted molar refractivity (Wildman–Crippen MR) is 57.6 cm³/mol. The van der Waals surface area contributed by atoms with Crippen LogP contribution in [-0.4, -0.2) is 26.0 Å². The van der Waals surface area contributed by atoms with E-state index in [2.05, 4.69) is 4.98 Å². The highest BCUT2D eigenvalue weighted by Gasteiger charge is 2.24. The summed E-state index contributed by atoms with van der Waals surface area (Å²) >= 11 is 0. The van der Waals surface area contributed by atoms with Crippen molar-refractivity contribution in [2.45, 2.75) is 25.7 Å². The van der Waals surface area contributed by atoms with Gasteiger partial charge in [0, 0.05) is 11.3 Å². The van der Waals surface area contributed by atoms with Gasteiger partial charge in [-0.05, 0) is 20.8 Å². The molecule has 0 atom stereocenters. The number of aromatic nitrogens is 1. The number of aryl methyl sites for hydroxylation is 1. The Labute approximate surface area is 93.8 Å². The van der Waals surface area contributed by atoms with Crippen molar-refractivity contribution in [2.24, 2.45) is 5.14 Å². The van der Waals surface area contributed by atoms with Crippen LogP contribution in [0.2, 0.25) is 0 Å². The molecule has 90 valence electrons. The van der Waals surface area contributed by atoms with Crippen molar-refractivity contribution in [3.8, 4) is 0 Å². The third kappa shape index (κ3) is 2.25. The zero-order valence-electron chi connectivity index (χ0n) is 9.33. The number of aromatic amines is 1.